The molecule has 5 heteroatoms. The molecule has 1 aliphatic heterocycles. The van der Waals surface area contributed by atoms with Gasteiger partial charge in [0, 0.05) is 29.3 Å². The summed E-state index contributed by atoms with van der Waals surface area (Å²) in [5.74, 6) is 0.0342. The van der Waals surface area contributed by atoms with Crippen molar-refractivity contribution in [2.75, 3.05) is 13.1 Å². The van der Waals surface area contributed by atoms with E-state index in [4.69, 9.17) is 5.53 Å². The fourth-order valence-corrected chi connectivity index (χ4v) is 2.21. The number of amides is 1. The first-order valence-corrected chi connectivity index (χ1v) is 6.26. The maximum Gasteiger partial charge on any atom is 0.253 e. The van der Waals surface area contributed by atoms with Crippen molar-refractivity contribution in [1.29, 1.82) is 0 Å². The summed E-state index contributed by atoms with van der Waals surface area (Å²) in [6, 6.07) is 6.85. The zero-order chi connectivity index (χ0) is 12.8. The van der Waals surface area contributed by atoms with Gasteiger partial charge >= 0.3 is 0 Å². The molecule has 1 aromatic rings. The number of nitrogens with zero attached hydrogens (tertiary/aromatic N) is 4. The third-order valence-electron chi connectivity index (χ3n) is 3.15. The summed E-state index contributed by atoms with van der Waals surface area (Å²) in [6.07, 6.45) is 4.54. The van der Waals surface area contributed by atoms with E-state index in [1.54, 1.807) is 24.3 Å². The molecule has 0 bridgehead atoms. The minimum atomic E-state index is 0.0342. The molecular formula is C13H16N4O. The first-order valence-electron chi connectivity index (χ1n) is 6.26. The Morgan fingerprint density at radius 2 is 1.94 bits per heavy atom. The van der Waals surface area contributed by atoms with E-state index in [-0.39, 0.29) is 5.91 Å². The third kappa shape index (κ3) is 3.02. The van der Waals surface area contributed by atoms with Crippen molar-refractivity contribution in [3.63, 3.8) is 0 Å². The third-order valence-corrected chi connectivity index (χ3v) is 3.15. The van der Waals surface area contributed by atoms with Crippen LogP contribution in [0.5, 0.6) is 0 Å². The molecule has 2 rings (SSSR count). The van der Waals surface area contributed by atoms with Crippen LogP contribution in [-0.4, -0.2) is 23.9 Å². The van der Waals surface area contributed by atoms with Gasteiger partial charge in [-0.15, -0.1) is 0 Å². The van der Waals surface area contributed by atoms with Crippen molar-refractivity contribution in [3.8, 4) is 0 Å². The van der Waals surface area contributed by atoms with Crippen molar-refractivity contribution in [1.82, 2.24) is 4.90 Å². The molecule has 0 saturated carbocycles. The number of azide groups is 1. The largest absolute Gasteiger partial charge is 0.339 e. The second kappa shape index (κ2) is 6.07. The lowest BCUT2D eigenvalue weighted by Crippen LogP contribution is -2.31. The van der Waals surface area contributed by atoms with Gasteiger partial charge in [-0.1, -0.05) is 30.1 Å². The lowest BCUT2D eigenvalue weighted by molar-refractivity contribution is 0.0761. The standard InChI is InChI=1S/C13H16N4O/c14-16-15-12-7-5-6-11(10-12)13(18)17-8-3-1-2-4-9-17/h5-7,10H,1-4,8-9H2. The summed E-state index contributed by atoms with van der Waals surface area (Å²) in [4.78, 5) is 16.9. The van der Waals surface area contributed by atoms with Crippen LogP contribution in [0.3, 0.4) is 0 Å². The van der Waals surface area contributed by atoms with Gasteiger partial charge in [-0.05, 0) is 30.5 Å². The van der Waals surface area contributed by atoms with Crippen LogP contribution in [0.15, 0.2) is 29.4 Å². The number of benzene rings is 1. The molecule has 0 aromatic heterocycles. The molecule has 0 radical (unpaired) electrons. The molecule has 1 aliphatic rings. The van der Waals surface area contributed by atoms with Crippen LogP contribution < -0.4 is 0 Å². The van der Waals surface area contributed by atoms with Gasteiger partial charge in [0.2, 0.25) is 0 Å². The van der Waals surface area contributed by atoms with Gasteiger partial charge in [0.05, 0.1) is 0 Å². The van der Waals surface area contributed by atoms with Gasteiger partial charge < -0.3 is 4.90 Å². The Hall–Kier alpha value is -2.00. The molecule has 0 spiro atoms. The number of rotatable bonds is 2. The molecule has 18 heavy (non-hydrogen) atoms. The van der Waals surface area contributed by atoms with Gasteiger partial charge in [0.15, 0.2) is 0 Å². The van der Waals surface area contributed by atoms with Gasteiger partial charge in [-0.25, -0.2) is 0 Å². The molecule has 0 aliphatic carbocycles. The fourth-order valence-electron chi connectivity index (χ4n) is 2.21. The Morgan fingerprint density at radius 1 is 1.22 bits per heavy atom. The van der Waals surface area contributed by atoms with Gasteiger partial charge in [0.1, 0.15) is 0 Å². The van der Waals surface area contributed by atoms with Gasteiger partial charge in [0.25, 0.3) is 5.91 Å². The highest BCUT2D eigenvalue weighted by Gasteiger charge is 2.17. The smallest absolute Gasteiger partial charge is 0.253 e. The quantitative estimate of drug-likeness (QED) is 0.444. The summed E-state index contributed by atoms with van der Waals surface area (Å²) in [6.45, 7) is 1.65. The Balaban J connectivity index is 2.16. The number of carbonyl (C=O) groups excluding carboxylic acids is 1. The van der Waals surface area contributed by atoms with E-state index >= 15 is 0 Å². The minimum Gasteiger partial charge on any atom is -0.339 e. The number of hydrogen-bond acceptors (Lipinski definition) is 2. The topological polar surface area (TPSA) is 69.1 Å². The first kappa shape index (κ1) is 12.5. The zero-order valence-corrected chi connectivity index (χ0v) is 10.2. The van der Waals surface area contributed by atoms with E-state index in [9.17, 15) is 4.79 Å². The summed E-state index contributed by atoms with van der Waals surface area (Å²) in [5.41, 5.74) is 9.48. The number of carbonyl (C=O) groups is 1. The second-order valence-electron chi connectivity index (χ2n) is 4.45. The number of likely N-dealkylation sites (tertiary alicyclic amines) is 1. The molecule has 1 saturated heterocycles. The van der Waals surface area contributed by atoms with E-state index in [2.05, 4.69) is 10.0 Å². The van der Waals surface area contributed by atoms with Crippen LogP contribution in [-0.2, 0) is 0 Å². The lowest BCUT2D eigenvalue weighted by Gasteiger charge is -2.20. The predicted molar refractivity (Wildman–Crippen MR) is 69.6 cm³/mol. The highest BCUT2D eigenvalue weighted by atomic mass is 16.2. The van der Waals surface area contributed by atoms with Crippen molar-refractivity contribution >= 4 is 11.6 Å². The van der Waals surface area contributed by atoms with Crippen LogP contribution in [0.2, 0.25) is 0 Å². The molecular weight excluding hydrogens is 228 g/mol. The average molecular weight is 244 g/mol. The highest BCUT2D eigenvalue weighted by molar-refractivity contribution is 5.95. The molecule has 1 amide bonds. The van der Waals surface area contributed by atoms with E-state index in [0.717, 1.165) is 25.9 Å². The molecule has 1 aromatic carbocycles. The fraction of sp³-hybridized carbons (Fsp3) is 0.462. The summed E-state index contributed by atoms with van der Waals surface area (Å²) in [7, 11) is 0. The highest BCUT2D eigenvalue weighted by Crippen LogP contribution is 2.18. The Kier molecular flexibility index (Phi) is 4.20. The van der Waals surface area contributed by atoms with Gasteiger partial charge in [-0.3, -0.25) is 4.79 Å². The van der Waals surface area contributed by atoms with E-state index < -0.39 is 0 Å². The Labute approximate surface area is 106 Å². The van der Waals surface area contributed by atoms with Crippen molar-refractivity contribution in [2.45, 2.75) is 25.7 Å². The van der Waals surface area contributed by atoms with Gasteiger partial charge in [-0.2, -0.15) is 0 Å². The van der Waals surface area contributed by atoms with Crippen LogP contribution >= 0.6 is 0 Å². The van der Waals surface area contributed by atoms with Crippen molar-refractivity contribution in [3.05, 3.63) is 40.3 Å². The van der Waals surface area contributed by atoms with Crippen molar-refractivity contribution in [2.24, 2.45) is 5.11 Å². The maximum absolute atomic E-state index is 12.3. The van der Waals surface area contributed by atoms with Crippen LogP contribution in [0.1, 0.15) is 36.0 Å². The van der Waals surface area contributed by atoms with E-state index in [0.29, 0.717) is 11.3 Å². The normalized spacial score (nSPS) is 15.7. The molecule has 94 valence electrons. The SMILES string of the molecule is [N-]=[N+]=Nc1cccc(C(=O)N2CCCCCC2)c1. The van der Waals surface area contributed by atoms with Crippen LogP contribution in [0.4, 0.5) is 5.69 Å². The summed E-state index contributed by atoms with van der Waals surface area (Å²) in [5, 5.41) is 3.52. The second-order valence-corrected chi connectivity index (χ2v) is 4.45. The maximum atomic E-state index is 12.3. The molecule has 0 atom stereocenters. The van der Waals surface area contributed by atoms with Crippen LogP contribution in [0, 0.1) is 0 Å². The van der Waals surface area contributed by atoms with E-state index in [1.807, 2.05) is 4.90 Å². The monoisotopic (exact) mass is 244 g/mol. The first-order chi connectivity index (χ1) is 8.81. The lowest BCUT2D eigenvalue weighted by atomic mass is 10.1. The number of hydrogen-bond donors (Lipinski definition) is 0. The molecule has 0 N–H and O–H groups in total. The Morgan fingerprint density at radius 3 is 2.61 bits per heavy atom. The molecule has 1 heterocycles. The zero-order valence-electron chi connectivity index (χ0n) is 10.2. The van der Waals surface area contributed by atoms with Crippen molar-refractivity contribution < 1.29 is 4.79 Å². The molecule has 1 fully saturated rings. The molecule has 0 unspecified atom stereocenters. The summed E-state index contributed by atoms with van der Waals surface area (Å²) >= 11 is 0. The molecule has 5 nitrogen and oxygen atoms in total. The van der Waals surface area contributed by atoms with Crippen LogP contribution in [0.25, 0.3) is 10.4 Å². The minimum absolute atomic E-state index is 0.0342. The van der Waals surface area contributed by atoms with E-state index in [1.165, 1.54) is 12.8 Å². The predicted octanol–water partition coefficient (Wildman–Crippen LogP) is 3.64. The average Bonchev–Trinajstić information content (AvgIpc) is 2.67. The Bertz CT molecular complexity index is 472. The summed E-state index contributed by atoms with van der Waals surface area (Å²) < 4.78 is 0.